The first-order chi connectivity index (χ1) is 12.6. The van der Waals surface area contributed by atoms with Gasteiger partial charge in [0.15, 0.2) is 0 Å². The molecule has 1 N–H and O–H groups in total. The van der Waals surface area contributed by atoms with Gasteiger partial charge in [0.25, 0.3) is 0 Å². The summed E-state index contributed by atoms with van der Waals surface area (Å²) in [7, 11) is 1.17. The van der Waals surface area contributed by atoms with Crippen molar-refractivity contribution in [3.8, 4) is 0 Å². The molecule has 27 heavy (non-hydrogen) atoms. The number of carbonyl (C=O) groups is 2. The largest absolute Gasteiger partial charge is 0.466 e. The summed E-state index contributed by atoms with van der Waals surface area (Å²) in [5.41, 5.74) is 0.839. The molecule has 0 amide bonds. The van der Waals surface area contributed by atoms with E-state index >= 15 is 0 Å². The third-order valence-electron chi connectivity index (χ3n) is 4.57. The number of methoxy groups -OCH3 is 1. The zero-order valence-electron chi connectivity index (χ0n) is 15.0. The molecule has 1 aromatic rings. The van der Waals surface area contributed by atoms with Gasteiger partial charge < -0.3 is 14.8 Å². The lowest BCUT2D eigenvalue weighted by molar-refractivity contribution is -0.136. The SMILES string of the molecule is COC(=O)C1=C(C)NC2=C(C(=O)OC2)[C@H]1c1cccc(F)c1CC(C)(F)F. The number of rotatable bonds is 4. The van der Waals surface area contributed by atoms with E-state index in [0.29, 0.717) is 18.3 Å². The van der Waals surface area contributed by atoms with Crippen LogP contribution in [-0.2, 0) is 25.5 Å². The van der Waals surface area contributed by atoms with Gasteiger partial charge in [-0.15, -0.1) is 0 Å². The van der Waals surface area contributed by atoms with Crippen LogP contribution < -0.4 is 5.32 Å². The van der Waals surface area contributed by atoms with Crippen LogP contribution in [0.1, 0.15) is 30.9 Å². The van der Waals surface area contributed by atoms with Gasteiger partial charge in [0, 0.05) is 12.1 Å². The summed E-state index contributed by atoms with van der Waals surface area (Å²) >= 11 is 0. The van der Waals surface area contributed by atoms with E-state index in [2.05, 4.69) is 5.32 Å². The highest BCUT2D eigenvalue weighted by Crippen LogP contribution is 2.43. The zero-order valence-corrected chi connectivity index (χ0v) is 15.0. The van der Waals surface area contributed by atoms with Gasteiger partial charge in [-0.3, -0.25) is 0 Å². The third-order valence-corrected chi connectivity index (χ3v) is 4.57. The molecule has 2 aliphatic rings. The van der Waals surface area contributed by atoms with Gasteiger partial charge in [-0.05, 0) is 31.0 Å². The molecule has 0 fully saturated rings. The summed E-state index contributed by atoms with van der Waals surface area (Å²) in [6.45, 7) is 2.24. The van der Waals surface area contributed by atoms with Crippen molar-refractivity contribution in [2.75, 3.05) is 13.7 Å². The molecule has 5 nitrogen and oxygen atoms in total. The van der Waals surface area contributed by atoms with Crippen molar-refractivity contribution in [1.82, 2.24) is 5.32 Å². The Balaban J connectivity index is 2.25. The van der Waals surface area contributed by atoms with E-state index in [0.717, 1.165) is 6.07 Å². The fourth-order valence-corrected chi connectivity index (χ4v) is 3.50. The van der Waals surface area contributed by atoms with Crippen LogP contribution in [0.4, 0.5) is 13.2 Å². The molecule has 2 heterocycles. The molecule has 0 unspecified atom stereocenters. The number of carbonyl (C=O) groups excluding carboxylic acids is 2. The monoisotopic (exact) mass is 381 g/mol. The Morgan fingerprint density at radius 3 is 2.74 bits per heavy atom. The molecule has 0 aromatic heterocycles. The molecule has 8 heteroatoms. The van der Waals surface area contributed by atoms with Crippen molar-refractivity contribution in [1.29, 1.82) is 0 Å². The average molecular weight is 381 g/mol. The van der Waals surface area contributed by atoms with Gasteiger partial charge in [0.05, 0.1) is 29.9 Å². The summed E-state index contributed by atoms with van der Waals surface area (Å²) in [6.07, 6.45) is -0.871. The molecule has 2 aliphatic heterocycles. The van der Waals surface area contributed by atoms with Crippen molar-refractivity contribution < 1.29 is 32.2 Å². The van der Waals surface area contributed by atoms with Gasteiger partial charge in [0.2, 0.25) is 5.92 Å². The highest BCUT2D eigenvalue weighted by Gasteiger charge is 2.43. The Morgan fingerprint density at radius 2 is 2.11 bits per heavy atom. The van der Waals surface area contributed by atoms with Gasteiger partial charge in [-0.2, -0.15) is 0 Å². The number of nitrogens with one attached hydrogen (secondary N) is 1. The lowest BCUT2D eigenvalue weighted by Gasteiger charge is -2.29. The van der Waals surface area contributed by atoms with Gasteiger partial charge in [-0.1, -0.05) is 12.1 Å². The fraction of sp³-hybridized carbons (Fsp3) is 0.368. The Kier molecular flexibility index (Phi) is 4.75. The maximum absolute atomic E-state index is 14.5. The molecule has 0 saturated heterocycles. The third kappa shape index (κ3) is 3.43. The molecular formula is C19H18F3NO4. The molecular weight excluding hydrogens is 363 g/mol. The fourth-order valence-electron chi connectivity index (χ4n) is 3.50. The van der Waals surface area contributed by atoms with Crippen LogP contribution in [0.25, 0.3) is 0 Å². The standard InChI is InChI=1S/C19H18F3NO4/c1-9-14(17(24)26-3)15(16-13(23-9)8-27-18(16)25)10-5-4-6-12(20)11(10)7-19(2,21)22/h4-6,15,23H,7-8H2,1-3H3/t15-/m0/s1. The van der Waals surface area contributed by atoms with Crippen molar-refractivity contribution in [2.45, 2.75) is 32.1 Å². The highest BCUT2D eigenvalue weighted by molar-refractivity contribution is 6.01. The van der Waals surface area contributed by atoms with E-state index < -0.39 is 36.0 Å². The summed E-state index contributed by atoms with van der Waals surface area (Å²) in [4.78, 5) is 24.7. The van der Waals surface area contributed by atoms with Gasteiger partial charge in [0.1, 0.15) is 12.4 Å². The predicted molar refractivity (Wildman–Crippen MR) is 89.3 cm³/mol. The van der Waals surface area contributed by atoms with E-state index in [4.69, 9.17) is 9.47 Å². The Labute approximate surface area is 153 Å². The number of esters is 2. The van der Waals surface area contributed by atoms with Crippen LogP contribution in [0.3, 0.4) is 0 Å². The number of ether oxygens (including phenoxy) is 2. The molecule has 0 spiro atoms. The number of benzene rings is 1. The number of cyclic esters (lactones) is 1. The highest BCUT2D eigenvalue weighted by atomic mass is 19.3. The summed E-state index contributed by atoms with van der Waals surface area (Å²) in [5.74, 6) is -6.49. The minimum atomic E-state index is -3.18. The van der Waals surface area contributed by atoms with Gasteiger partial charge in [-0.25, -0.2) is 22.8 Å². The molecule has 0 saturated carbocycles. The first kappa shape index (κ1) is 19.0. The number of hydrogen-bond acceptors (Lipinski definition) is 5. The Bertz CT molecular complexity index is 883. The molecule has 1 aromatic carbocycles. The van der Waals surface area contributed by atoms with Crippen molar-refractivity contribution in [3.05, 3.63) is 57.7 Å². The average Bonchev–Trinajstić information content (AvgIpc) is 2.94. The molecule has 144 valence electrons. The van der Waals surface area contributed by atoms with Crippen LogP contribution in [-0.4, -0.2) is 31.6 Å². The normalized spacial score (nSPS) is 19.6. The van der Waals surface area contributed by atoms with Crippen LogP contribution in [0.15, 0.2) is 40.7 Å². The number of allylic oxidation sites excluding steroid dienone is 1. The number of dihydropyridines is 1. The topological polar surface area (TPSA) is 64.6 Å². The van der Waals surface area contributed by atoms with E-state index in [1.807, 2.05) is 0 Å². The summed E-state index contributed by atoms with van der Waals surface area (Å²) in [5, 5.41) is 2.93. The van der Waals surface area contributed by atoms with E-state index in [-0.39, 0.29) is 28.9 Å². The lowest BCUT2D eigenvalue weighted by Crippen LogP contribution is -2.31. The Morgan fingerprint density at radius 1 is 1.41 bits per heavy atom. The van der Waals surface area contributed by atoms with Crippen LogP contribution >= 0.6 is 0 Å². The second kappa shape index (κ2) is 6.75. The summed E-state index contributed by atoms with van der Waals surface area (Å²) < 4.78 is 51.7. The minimum absolute atomic E-state index is 0.0367. The minimum Gasteiger partial charge on any atom is -0.466 e. The molecule has 0 bridgehead atoms. The predicted octanol–water partition coefficient (Wildman–Crippen LogP) is 2.97. The first-order valence-electron chi connectivity index (χ1n) is 8.25. The van der Waals surface area contributed by atoms with E-state index in [9.17, 15) is 22.8 Å². The Hall–Kier alpha value is -2.77. The molecule has 1 atom stereocenters. The maximum atomic E-state index is 14.5. The van der Waals surface area contributed by atoms with Crippen LogP contribution in [0.5, 0.6) is 0 Å². The van der Waals surface area contributed by atoms with E-state index in [1.165, 1.54) is 19.2 Å². The molecule has 3 rings (SSSR count). The van der Waals surface area contributed by atoms with E-state index in [1.54, 1.807) is 6.92 Å². The number of alkyl halides is 2. The number of hydrogen-bond donors (Lipinski definition) is 1. The lowest BCUT2D eigenvalue weighted by atomic mass is 9.78. The zero-order chi connectivity index (χ0) is 19.9. The van der Waals surface area contributed by atoms with Gasteiger partial charge >= 0.3 is 11.9 Å². The first-order valence-corrected chi connectivity index (χ1v) is 8.25. The van der Waals surface area contributed by atoms with Crippen LogP contribution in [0.2, 0.25) is 0 Å². The molecule has 0 radical (unpaired) electrons. The quantitative estimate of drug-likeness (QED) is 0.813. The van der Waals surface area contributed by atoms with Crippen molar-refractivity contribution in [3.63, 3.8) is 0 Å². The number of halogens is 3. The van der Waals surface area contributed by atoms with Crippen molar-refractivity contribution in [2.24, 2.45) is 0 Å². The maximum Gasteiger partial charge on any atom is 0.337 e. The molecule has 0 aliphatic carbocycles. The van der Waals surface area contributed by atoms with Crippen molar-refractivity contribution >= 4 is 11.9 Å². The second-order valence-electron chi connectivity index (χ2n) is 6.61. The smallest absolute Gasteiger partial charge is 0.337 e. The van der Waals surface area contributed by atoms with Crippen LogP contribution in [0, 0.1) is 5.82 Å². The summed E-state index contributed by atoms with van der Waals surface area (Å²) in [6, 6.07) is 3.86. The second-order valence-corrected chi connectivity index (χ2v) is 6.61.